The van der Waals surface area contributed by atoms with Gasteiger partial charge in [-0.3, -0.25) is 4.99 Å². The van der Waals surface area contributed by atoms with E-state index in [9.17, 15) is 0 Å². The van der Waals surface area contributed by atoms with E-state index in [1.165, 1.54) is 0 Å². The summed E-state index contributed by atoms with van der Waals surface area (Å²) in [6.45, 7) is 12.5. The van der Waals surface area contributed by atoms with E-state index >= 15 is 0 Å². The number of nitrogens with zero attached hydrogens (tertiary/aromatic N) is 1. The first-order chi connectivity index (χ1) is 7.59. The molecule has 3 atom stereocenters. The van der Waals surface area contributed by atoms with Crippen molar-refractivity contribution < 1.29 is 58.2 Å². The normalized spacial score (nSPS) is 26.1. The van der Waals surface area contributed by atoms with Crippen molar-refractivity contribution in [3.63, 3.8) is 0 Å². The number of nitrogens with two attached hydrogens (primary N) is 2. The average molecular weight is 314 g/mol. The van der Waals surface area contributed by atoms with Gasteiger partial charge in [-0.2, -0.15) is 6.42 Å². The Morgan fingerprint density at radius 3 is 1.88 bits per heavy atom. The zero-order chi connectivity index (χ0) is 13.1. The summed E-state index contributed by atoms with van der Waals surface area (Å²) in [6, 6.07) is 0.251. The molecule has 3 unspecified atom stereocenters. The molecule has 0 aromatic carbocycles. The molecule has 3 nitrogen and oxygen atoms in total. The Hall–Kier alpha value is 1.08. The van der Waals surface area contributed by atoms with E-state index in [-0.39, 0.29) is 70.2 Å². The Balaban J connectivity index is -0.000000355. The SMILES string of the molecule is CC.CC.CC1C[CH-]C(N=C(N)N)CC1C.[Rb+]. The van der Waals surface area contributed by atoms with Crippen LogP contribution in [0.2, 0.25) is 0 Å². The number of hydrogen-bond donors (Lipinski definition) is 2. The second-order valence-corrected chi connectivity index (χ2v) is 3.78. The molecule has 0 amide bonds. The van der Waals surface area contributed by atoms with Gasteiger partial charge in [0.15, 0.2) is 5.96 Å². The number of hydrogen-bond acceptors (Lipinski definition) is 1. The van der Waals surface area contributed by atoms with Crippen LogP contribution in [0.15, 0.2) is 4.99 Å². The second kappa shape index (κ2) is 15.1. The molecule has 0 aromatic heterocycles. The summed E-state index contributed by atoms with van der Waals surface area (Å²) in [4.78, 5) is 4.14. The van der Waals surface area contributed by atoms with Crippen molar-refractivity contribution in [2.75, 3.05) is 0 Å². The Morgan fingerprint density at radius 2 is 1.53 bits per heavy atom. The Kier molecular flexibility index (Phi) is 20.6. The number of aliphatic imine (C=N–C) groups is 1. The van der Waals surface area contributed by atoms with Gasteiger partial charge in [-0.15, -0.1) is 0 Å². The van der Waals surface area contributed by atoms with Gasteiger partial charge in [-0.25, -0.2) is 0 Å². The first-order valence-electron chi connectivity index (χ1n) is 6.51. The van der Waals surface area contributed by atoms with Crippen molar-refractivity contribution in [3.05, 3.63) is 6.42 Å². The van der Waals surface area contributed by atoms with E-state index in [0.29, 0.717) is 0 Å². The molecule has 0 saturated heterocycles. The monoisotopic (exact) mass is 313 g/mol. The Labute approximate surface area is 157 Å². The molecule has 0 radical (unpaired) electrons. The Morgan fingerprint density at radius 1 is 1.06 bits per heavy atom. The zero-order valence-electron chi connectivity index (χ0n) is 12.8. The molecule has 0 aromatic rings. The third-order valence-electron chi connectivity index (χ3n) is 2.68. The summed E-state index contributed by atoms with van der Waals surface area (Å²) in [5.41, 5.74) is 10.6. The van der Waals surface area contributed by atoms with Crippen LogP contribution in [-0.2, 0) is 0 Å². The van der Waals surface area contributed by atoms with Crippen LogP contribution >= 0.6 is 0 Å². The molecule has 1 saturated carbocycles. The molecule has 1 fully saturated rings. The molecule has 1 aliphatic rings. The van der Waals surface area contributed by atoms with E-state index < -0.39 is 0 Å². The molecule has 98 valence electrons. The predicted octanol–water partition coefficient (Wildman–Crippen LogP) is -0.0449. The van der Waals surface area contributed by atoms with Gasteiger partial charge in [0.05, 0.1) is 0 Å². The maximum atomic E-state index is 5.31. The van der Waals surface area contributed by atoms with Crippen molar-refractivity contribution in [1.82, 2.24) is 0 Å². The molecule has 4 N–H and O–H groups in total. The van der Waals surface area contributed by atoms with Gasteiger partial charge < -0.3 is 17.9 Å². The van der Waals surface area contributed by atoms with E-state index in [2.05, 4.69) is 25.3 Å². The van der Waals surface area contributed by atoms with Crippen LogP contribution in [-0.4, -0.2) is 12.0 Å². The average Bonchev–Trinajstić information content (AvgIpc) is 2.28. The molecule has 0 aliphatic heterocycles. The largest absolute Gasteiger partial charge is 1.00 e. The van der Waals surface area contributed by atoms with Gasteiger partial charge in [0.25, 0.3) is 0 Å². The fourth-order valence-corrected chi connectivity index (χ4v) is 1.61. The van der Waals surface area contributed by atoms with Gasteiger partial charge >= 0.3 is 58.2 Å². The topological polar surface area (TPSA) is 64.4 Å². The number of guanidine groups is 1. The van der Waals surface area contributed by atoms with Crippen molar-refractivity contribution in [2.45, 2.75) is 60.4 Å². The summed E-state index contributed by atoms with van der Waals surface area (Å²) in [7, 11) is 0. The molecule has 17 heavy (non-hydrogen) atoms. The van der Waals surface area contributed by atoms with Crippen molar-refractivity contribution in [1.29, 1.82) is 0 Å². The maximum Gasteiger partial charge on any atom is 1.00 e. The van der Waals surface area contributed by atoms with Crippen molar-refractivity contribution >= 4 is 5.96 Å². The summed E-state index contributed by atoms with van der Waals surface area (Å²) in [5.74, 6) is 1.71. The minimum absolute atomic E-state index is 0. The Bertz CT molecular complexity index is 180. The fraction of sp³-hybridized carbons (Fsp3) is 0.846. The summed E-state index contributed by atoms with van der Waals surface area (Å²) in [5, 5.41) is 0. The number of rotatable bonds is 1. The van der Waals surface area contributed by atoms with E-state index in [1.807, 2.05) is 27.7 Å². The van der Waals surface area contributed by atoms with Gasteiger partial charge in [0.1, 0.15) is 0 Å². The van der Waals surface area contributed by atoms with Crippen LogP contribution < -0.4 is 69.7 Å². The first-order valence-corrected chi connectivity index (χ1v) is 6.51. The van der Waals surface area contributed by atoms with Crippen LogP contribution in [0, 0.1) is 18.3 Å². The molecule has 1 aliphatic carbocycles. The molecule has 4 heteroatoms. The van der Waals surface area contributed by atoms with E-state index in [1.54, 1.807) is 0 Å². The minimum Gasteiger partial charge on any atom is -0.370 e. The molecule has 1 rings (SSSR count). The maximum absolute atomic E-state index is 5.31. The van der Waals surface area contributed by atoms with Crippen LogP contribution in [0.1, 0.15) is 54.4 Å². The van der Waals surface area contributed by atoms with Gasteiger partial charge in [-0.1, -0.05) is 59.9 Å². The summed E-state index contributed by atoms with van der Waals surface area (Å²) < 4.78 is 0. The van der Waals surface area contributed by atoms with E-state index in [4.69, 9.17) is 11.5 Å². The van der Waals surface area contributed by atoms with Crippen LogP contribution in [0.5, 0.6) is 0 Å². The first kappa shape index (κ1) is 23.2. The van der Waals surface area contributed by atoms with Gasteiger partial charge in [-0.05, 0) is 5.92 Å². The molecule has 0 spiro atoms. The third-order valence-corrected chi connectivity index (χ3v) is 2.68. The third kappa shape index (κ3) is 11.9. The zero-order valence-corrected chi connectivity index (χ0v) is 17.7. The standard InChI is InChI=1S/C9H18N3.2C2H6.Rb/c1-6-3-4-8(5-7(6)2)12-9(10)11;2*1-2;/h4,6-8H,3,5H2,1-2H3,(H4,10,11,12);2*1-2H3;/q-1;;;+1. The molecular weight excluding hydrogens is 284 g/mol. The second-order valence-electron chi connectivity index (χ2n) is 3.78. The molecule has 0 bridgehead atoms. The predicted molar refractivity (Wildman–Crippen MR) is 74.2 cm³/mol. The van der Waals surface area contributed by atoms with Gasteiger partial charge in [0.2, 0.25) is 0 Å². The van der Waals surface area contributed by atoms with Gasteiger partial charge in [0, 0.05) is 0 Å². The fourth-order valence-electron chi connectivity index (χ4n) is 1.61. The van der Waals surface area contributed by atoms with Crippen LogP contribution in [0.4, 0.5) is 0 Å². The quantitative estimate of drug-likeness (QED) is 0.405. The van der Waals surface area contributed by atoms with Crippen LogP contribution in [0.3, 0.4) is 0 Å². The van der Waals surface area contributed by atoms with Crippen LogP contribution in [0.25, 0.3) is 0 Å². The summed E-state index contributed by atoms with van der Waals surface area (Å²) >= 11 is 0. The van der Waals surface area contributed by atoms with E-state index in [0.717, 1.165) is 24.7 Å². The smallest absolute Gasteiger partial charge is 0.370 e. The minimum atomic E-state index is 0. The van der Waals surface area contributed by atoms with Crippen molar-refractivity contribution in [3.8, 4) is 0 Å². The summed E-state index contributed by atoms with van der Waals surface area (Å²) in [6.07, 6.45) is 4.42. The molecule has 0 heterocycles. The molecular formula is C13H30N3Rb. The van der Waals surface area contributed by atoms with Crippen molar-refractivity contribution in [2.24, 2.45) is 28.3 Å².